The third kappa shape index (κ3) is 6.09. The van der Waals surface area contributed by atoms with E-state index >= 15 is 0 Å². The van der Waals surface area contributed by atoms with Crippen molar-refractivity contribution >= 4 is 27.7 Å². The van der Waals surface area contributed by atoms with Crippen LogP contribution in [0.2, 0.25) is 0 Å². The minimum Gasteiger partial charge on any atom is -0.497 e. The van der Waals surface area contributed by atoms with Gasteiger partial charge in [-0.2, -0.15) is 4.31 Å². The van der Waals surface area contributed by atoms with E-state index in [-0.39, 0.29) is 29.8 Å². The average molecular weight is 461 g/mol. The summed E-state index contributed by atoms with van der Waals surface area (Å²) >= 11 is 0. The molecule has 1 heterocycles. The van der Waals surface area contributed by atoms with E-state index in [1.54, 1.807) is 25.3 Å². The van der Waals surface area contributed by atoms with Gasteiger partial charge in [0.1, 0.15) is 11.5 Å². The smallest absolute Gasteiger partial charge is 0.248 e. The molecule has 172 valence electrons. The summed E-state index contributed by atoms with van der Waals surface area (Å²) in [7, 11) is -2.14. The van der Waals surface area contributed by atoms with Crippen LogP contribution < -0.4 is 14.8 Å². The minimum absolute atomic E-state index is 0.0857. The van der Waals surface area contributed by atoms with Crippen LogP contribution in [0.3, 0.4) is 0 Å². The van der Waals surface area contributed by atoms with E-state index in [0.29, 0.717) is 24.7 Å². The molecule has 1 fully saturated rings. The SMILES string of the molecule is COc1cccc(/C=C/C(=O)Nc2cc(S(=O)(=O)N3CCOCC3)ccc2OC(C)C)c1. The lowest BCUT2D eigenvalue weighted by molar-refractivity contribution is -0.111. The Labute approximate surface area is 188 Å². The van der Waals surface area contributed by atoms with Gasteiger partial charge in [0.2, 0.25) is 15.9 Å². The van der Waals surface area contributed by atoms with Crippen LogP contribution in [0, 0.1) is 0 Å². The van der Waals surface area contributed by atoms with Crippen molar-refractivity contribution < 1.29 is 27.4 Å². The zero-order chi connectivity index (χ0) is 23.1. The van der Waals surface area contributed by atoms with Gasteiger partial charge in [-0.15, -0.1) is 0 Å². The minimum atomic E-state index is -3.71. The second-order valence-electron chi connectivity index (χ2n) is 7.44. The molecule has 0 bridgehead atoms. The first kappa shape index (κ1) is 23.8. The van der Waals surface area contributed by atoms with Crippen molar-refractivity contribution in [3.63, 3.8) is 0 Å². The van der Waals surface area contributed by atoms with Gasteiger partial charge >= 0.3 is 0 Å². The molecule has 0 atom stereocenters. The molecule has 0 spiro atoms. The van der Waals surface area contributed by atoms with Crippen LogP contribution in [0.1, 0.15) is 19.4 Å². The molecule has 8 nitrogen and oxygen atoms in total. The summed E-state index contributed by atoms with van der Waals surface area (Å²) in [6.07, 6.45) is 2.87. The number of carbonyl (C=O) groups excluding carboxylic acids is 1. The van der Waals surface area contributed by atoms with Crippen LogP contribution >= 0.6 is 0 Å². The number of nitrogens with zero attached hydrogens (tertiary/aromatic N) is 1. The van der Waals surface area contributed by atoms with E-state index < -0.39 is 15.9 Å². The van der Waals surface area contributed by atoms with Crippen LogP contribution in [0.5, 0.6) is 11.5 Å². The quantitative estimate of drug-likeness (QED) is 0.608. The first-order valence-electron chi connectivity index (χ1n) is 10.3. The van der Waals surface area contributed by atoms with Crippen LogP contribution in [0.15, 0.2) is 53.4 Å². The summed E-state index contributed by atoms with van der Waals surface area (Å²) in [5.41, 5.74) is 1.08. The summed E-state index contributed by atoms with van der Waals surface area (Å²) < 4.78 is 43.6. The summed E-state index contributed by atoms with van der Waals surface area (Å²) in [5.74, 6) is 0.660. The lowest BCUT2D eigenvalue weighted by Gasteiger charge is -2.26. The highest BCUT2D eigenvalue weighted by atomic mass is 32.2. The van der Waals surface area contributed by atoms with Crippen molar-refractivity contribution in [3.8, 4) is 11.5 Å². The van der Waals surface area contributed by atoms with Crippen molar-refractivity contribution in [2.75, 3.05) is 38.7 Å². The summed E-state index contributed by atoms with van der Waals surface area (Å²) in [4.78, 5) is 12.7. The lowest BCUT2D eigenvalue weighted by atomic mass is 10.2. The Hall–Kier alpha value is -2.88. The summed E-state index contributed by atoms with van der Waals surface area (Å²) in [6, 6.07) is 11.8. The Balaban J connectivity index is 1.84. The molecule has 1 amide bonds. The molecule has 2 aromatic rings. The molecular weight excluding hydrogens is 432 g/mol. The first-order valence-corrected chi connectivity index (χ1v) is 11.8. The van der Waals surface area contributed by atoms with Crippen molar-refractivity contribution in [1.82, 2.24) is 4.31 Å². The standard InChI is InChI=1S/C23H28N2O6S/c1-17(2)31-22-9-8-20(32(27,28)25-11-13-30-14-12-25)16-21(22)24-23(26)10-7-18-5-4-6-19(15-18)29-3/h4-10,15-17H,11-14H2,1-3H3,(H,24,26)/b10-7+. The van der Waals surface area contributed by atoms with Crippen molar-refractivity contribution in [3.05, 3.63) is 54.1 Å². The third-order valence-corrected chi connectivity index (χ3v) is 6.59. The second kappa shape index (κ2) is 10.6. The van der Waals surface area contributed by atoms with Crippen LogP contribution in [0.25, 0.3) is 6.08 Å². The normalized spacial score (nSPS) is 15.1. The molecule has 0 aromatic heterocycles. The Bertz CT molecular complexity index is 1080. The fourth-order valence-corrected chi connectivity index (χ4v) is 4.59. The molecule has 0 saturated carbocycles. The predicted molar refractivity (Wildman–Crippen MR) is 122 cm³/mol. The predicted octanol–water partition coefficient (Wildman–Crippen LogP) is 3.16. The molecule has 0 aliphatic carbocycles. The molecule has 0 radical (unpaired) electrons. The van der Waals surface area contributed by atoms with Crippen LogP contribution in [-0.4, -0.2) is 58.1 Å². The number of rotatable bonds is 8. The third-order valence-electron chi connectivity index (χ3n) is 4.70. The molecule has 9 heteroatoms. The molecule has 1 aliphatic rings. The van der Waals surface area contributed by atoms with E-state index in [1.807, 2.05) is 32.0 Å². The van der Waals surface area contributed by atoms with Gasteiger partial charge in [-0.3, -0.25) is 4.79 Å². The molecule has 1 aliphatic heterocycles. The Morgan fingerprint density at radius 1 is 1.16 bits per heavy atom. The summed E-state index contributed by atoms with van der Waals surface area (Å²) in [5, 5.41) is 2.74. The number of methoxy groups -OCH3 is 1. The average Bonchev–Trinajstić information content (AvgIpc) is 2.79. The van der Waals surface area contributed by atoms with E-state index in [2.05, 4.69) is 5.32 Å². The number of hydrogen-bond acceptors (Lipinski definition) is 6. The van der Waals surface area contributed by atoms with Gasteiger partial charge in [-0.05, 0) is 55.8 Å². The monoisotopic (exact) mass is 460 g/mol. The fraction of sp³-hybridized carbons (Fsp3) is 0.348. The number of ether oxygens (including phenoxy) is 3. The fourth-order valence-electron chi connectivity index (χ4n) is 3.15. The second-order valence-corrected chi connectivity index (χ2v) is 9.38. The van der Waals surface area contributed by atoms with Gasteiger partial charge in [0, 0.05) is 19.2 Å². The lowest BCUT2D eigenvalue weighted by Crippen LogP contribution is -2.40. The van der Waals surface area contributed by atoms with Crippen LogP contribution in [0.4, 0.5) is 5.69 Å². The maximum absolute atomic E-state index is 13.0. The zero-order valence-corrected chi connectivity index (χ0v) is 19.2. The first-order chi connectivity index (χ1) is 15.3. The van der Waals surface area contributed by atoms with Crippen molar-refractivity contribution in [2.24, 2.45) is 0 Å². The highest BCUT2D eigenvalue weighted by Crippen LogP contribution is 2.30. The number of benzene rings is 2. The van der Waals surface area contributed by atoms with Gasteiger partial charge < -0.3 is 19.5 Å². The maximum atomic E-state index is 13.0. The number of morpholine rings is 1. The van der Waals surface area contributed by atoms with E-state index in [4.69, 9.17) is 14.2 Å². The van der Waals surface area contributed by atoms with Crippen molar-refractivity contribution in [2.45, 2.75) is 24.8 Å². The number of sulfonamides is 1. The largest absolute Gasteiger partial charge is 0.497 e. The topological polar surface area (TPSA) is 94.2 Å². The van der Waals surface area contributed by atoms with Crippen LogP contribution in [-0.2, 0) is 19.6 Å². The summed E-state index contributed by atoms with van der Waals surface area (Å²) in [6.45, 7) is 4.99. The van der Waals surface area contributed by atoms with Gasteiger partial charge in [0.15, 0.2) is 0 Å². The molecule has 2 aromatic carbocycles. The van der Waals surface area contributed by atoms with Crippen molar-refractivity contribution in [1.29, 1.82) is 0 Å². The Morgan fingerprint density at radius 3 is 2.59 bits per heavy atom. The van der Waals surface area contributed by atoms with Gasteiger partial charge in [-0.25, -0.2) is 8.42 Å². The van der Waals surface area contributed by atoms with E-state index in [9.17, 15) is 13.2 Å². The van der Waals surface area contributed by atoms with E-state index in [0.717, 1.165) is 5.56 Å². The maximum Gasteiger partial charge on any atom is 0.248 e. The van der Waals surface area contributed by atoms with Gasteiger partial charge in [0.25, 0.3) is 0 Å². The number of hydrogen-bond donors (Lipinski definition) is 1. The molecular formula is C23H28N2O6S. The molecule has 0 unspecified atom stereocenters. The number of nitrogens with one attached hydrogen (secondary N) is 1. The molecule has 3 rings (SSSR count). The number of carbonyl (C=O) groups is 1. The molecule has 1 N–H and O–H groups in total. The highest BCUT2D eigenvalue weighted by Gasteiger charge is 2.27. The number of amides is 1. The van der Waals surface area contributed by atoms with E-state index in [1.165, 1.54) is 22.5 Å². The zero-order valence-electron chi connectivity index (χ0n) is 18.4. The number of anilines is 1. The van der Waals surface area contributed by atoms with Gasteiger partial charge in [0.05, 0.1) is 37.0 Å². The Kier molecular flexibility index (Phi) is 7.89. The highest BCUT2D eigenvalue weighted by molar-refractivity contribution is 7.89. The molecule has 32 heavy (non-hydrogen) atoms. The van der Waals surface area contributed by atoms with Gasteiger partial charge in [-0.1, -0.05) is 12.1 Å². The Morgan fingerprint density at radius 2 is 1.91 bits per heavy atom. The molecule has 1 saturated heterocycles.